The highest BCUT2D eigenvalue weighted by atomic mass is 14.2. The van der Waals surface area contributed by atoms with Gasteiger partial charge in [-0.3, -0.25) is 0 Å². The molecule has 386 valence electrons. The van der Waals surface area contributed by atoms with E-state index in [1.165, 1.54) is 167 Å². The Morgan fingerprint density at radius 2 is 0.350 bits per heavy atom. The van der Waals surface area contributed by atoms with Crippen molar-refractivity contribution in [3.8, 4) is 122 Å². The number of hydrogen-bond donors (Lipinski definition) is 0. The molecule has 0 fully saturated rings. The molecular weight excluding hydrogens is 961 g/mol. The fourth-order valence-corrected chi connectivity index (χ4v) is 12.3. The van der Waals surface area contributed by atoms with E-state index in [4.69, 9.17) is 0 Å². The van der Waals surface area contributed by atoms with Crippen LogP contribution in [-0.2, 0) is 0 Å². The maximum absolute atomic E-state index is 2.38. The largest absolute Gasteiger partial charge is 0.0622 e. The molecule has 0 heteroatoms. The SMILES string of the molecule is Cc1ccccc1-c1ccc(-c2ccc(-c3ccccc3)cc2-c2ccc(-c3ccc(-c4ccc(-c5ccc(-c6ccc(-c7ccc(-c8ccccc8-c8ccccc8)cc7C)c(C)c6)cc5C)c(C)c4)cc3C)c(C)c2)cc1C. The summed E-state index contributed by atoms with van der Waals surface area (Å²) in [6.07, 6.45) is 0. The molecule has 0 aliphatic heterocycles. The molecule has 0 spiro atoms. The monoisotopic (exact) mass is 1030 g/mol. The molecule has 12 aromatic rings. The smallest absolute Gasteiger partial charge is 0.00991 e. The van der Waals surface area contributed by atoms with Crippen molar-refractivity contribution in [1.29, 1.82) is 0 Å². The molecule has 0 amide bonds. The van der Waals surface area contributed by atoms with E-state index in [2.05, 4.69) is 310 Å². The van der Waals surface area contributed by atoms with Gasteiger partial charge in [-0.1, -0.05) is 249 Å². The highest BCUT2D eigenvalue weighted by Crippen LogP contribution is 2.42. The third kappa shape index (κ3) is 10.1. The first-order valence-electron chi connectivity index (χ1n) is 28.1. The number of benzene rings is 12. The predicted molar refractivity (Wildman–Crippen MR) is 344 cm³/mol. The first-order valence-corrected chi connectivity index (χ1v) is 28.1. The van der Waals surface area contributed by atoms with Crippen LogP contribution in [0.1, 0.15) is 44.5 Å². The summed E-state index contributed by atoms with van der Waals surface area (Å²) in [6.45, 7) is 17.9. The van der Waals surface area contributed by atoms with Gasteiger partial charge in [-0.05, 0) is 228 Å². The average Bonchev–Trinajstić information content (AvgIpc) is 3.64. The van der Waals surface area contributed by atoms with Gasteiger partial charge in [-0.25, -0.2) is 0 Å². The summed E-state index contributed by atoms with van der Waals surface area (Å²) in [4.78, 5) is 0. The van der Waals surface area contributed by atoms with Gasteiger partial charge < -0.3 is 0 Å². The minimum atomic E-state index is 1.21. The van der Waals surface area contributed by atoms with Crippen LogP contribution in [0.15, 0.2) is 255 Å². The van der Waals surface area contributed by atoms with E-state index in [9.17, 15) is 0 Å². The normalized spacial score (nSPS) is 11.2. The molecule has 0 N–H and O–H groups in total. The molecule has 0 heterocycles. The van der Waals surface area contributed by atoms with Crippen molar-refractivity contribution in [1.82, 2.24) is 0 Å². The lowest BCUT2D eigenvalue weighted by Gasteiger charge is -2.18. The van der Waals surface area contributed by atoms with Gasteiger partial charge in [-0.15, -0.1) is 0 Å². The first kappa shape index (κ1) is 51.4. The Morgan fingerprint density at radius 1 is 0.125 bits per heavy atom. The second kappa shape index (κ2) is 21.8. The predicted octanol–water partition coefficient (Wildman–Crippen LogP) is 22.5. The molecule has 0 saturated heterocycles. The Hall–Kier alpha value is -9.36. The zero-order valence-corrected chi connectivity index (χ0v) is 47.2. The van der Waals surface area contributed by atoms with Gasteiger partial charge in [-0.2, -0.15) is 0 Å². The minimum absolute atomic E-state index is 1.21. The van der Waals surface area contributed by atoms with Crippen LogP contribution in [-0.4, -0.2) is 0 Å². The van der Waals surface area contributed by atoms with Crippen molar-refractivity contribution >= 4 is 0 Å². The summed E-state index contributed by atoms with van der Waals surface area (Å²) in [5.74, 6) is 0. The highest BCUT2D eigenvalue weighted by molar-refractivity contribution is 5.91. The zero-order chi connectivity index (χ0) is 55.0. The Labute approximate surface area is 474 Å². The van der Waals surface area contributed by atoms with Crippen molar-refractivity contribution < 1.29 is 0 Å². The molecule has 0 unspecified atom stereocenters. The molecule has 12 rings (SSSR count). The van der Waals surface area contributed by atoms with Crippen LogP contribution in [0.3, 0.4) is 0 Å². The van der Waals surface area contributed by atoms with Gasteiger partial charge in [0.15, 0.2) is 0 Å². The lowest BCUT2D eigenvalue weighted by molar-refractivity contribution is 1.38. The molecule has 0 atom stereocenters. The van der Waals surface area contributed by atoms with E-state index >= 15 is 0 Å². The number of aryl methyl sites for hydroxylation is 8. The molecular formula is C80H66. The van der Waals surface area contributed by atoms with E-state index in [-0.39, 0.29) is 0 Å². The number of rotatable bonds is 11. The lowest BCUT2D eigenvalue weighted by atomic mass is 9.86. The summed E-state index contributed by atoms with van der Waals surface area (Å²) in [7, 11) is 0. The van der Waals surface area contributed by atoms with Crippen LogP contribution < -0.4 is 0 Å². The molecule has 0 aliphatic rings. The van der Waals surface area contributed by atoms with E-state index in [0.717, 1.165) is 0 Å². The van der Waals surface area contributed by atoms with Crippen LogP contribution >= 0.6 is 0 Å². The van der Waals surface area contributed by atoms with Gasteiger partial charge in [0, 0.05) is 0 Å². The van der Waals surface area contributed by atoms with Crippen molar-refractivity contribution in [2.75, 3.05) is 0 Å². The summed E-state index contributed by atoms with van der Waals surface area (Å²) in [5.41, 5.74) is 37.6. The van der Waals surface area contributed by atoms with E-state index in [0.29, 0.717) is 0 Å². The maximum atomic E-state index is 2.38. The van der Waals surface area contributed by atoms with Crippen LogP contribution in [0.4, 0.5) is 0 Å². The van der Waals surface area contributed by atoms with E-state index < -0.39 is 0 Å². The molecule has 0 aliphatic carbocycles. The standard InChI is InChI=1S/C80H66/c1-51-19-15-16-24-69(51)70-39-33-67(48-56(70)6)79-42-31-65(59-20-11-9-12-21-59)50-80(79)68-34-41-76(58(8)49-68)74-38-30-64(46-55(74)5)62-28-36-72(53(3)44-62)71-35-27-61(43-52(71)2)63-29-37-73(54(4)45-63)75-40-32-66(47-57(75)7)78-26-18-17-25-77(78)60-22-13-10-14-23-60/h9-50H,1-8H3. The lowest BCUT2D eigenvalue weighted by Crippen LogP contribution is -1.93. The van der Waals surface area contributed by atoms with Crippen LogP contribution in [0, 0.1) is 55.4 Å². The number of hydrogen-bond acceptors (Lipinski definition) is 0. The molecule has 0 aromatic heterocycles. The van der Waals surface area contributed by atoms with Crippen molar-refractivity contribution in [2.24, 2.45) is 0 Å². The fraction of sp³-hybridized carbons (Fsp3) is 0.100. The molecule has 0 radical (unpaired) electrons. The van der Waals surface area contributed by atoms with Crippen LogP contribution in [0.5, 0.6) is 0 Å². The second-order valence-corrected chi connectivity index (χ2v) is 22.1. The second-order valence-electron chi connectivity index (χ2n) is 22.1. The van der Waals surface area contributed by atoms with Gasteiger partial charge >= 0.3 is 0 Å². The summed E-state index contributed by atoms with van der Waals surface area (Å²) < 4.78 is 0. The first-order chi connectivity index (χ1) is 38.9. The van der Waals surface area contributed by atoms with Crippen molar-refractivity contribution in [3.05, 3.63) is 299 Å². The zero-order valence-electron chi connectivity index (χ0n) is 47.2. The summed E-state index contributed by atoms with van der Waals surface area (Å²) in [5, 5.41) is 0. The molecule has 0 nitrogen and oxygen atoms in total. The molecule has 0 bridgehead atoms. The van der Waals surface area contributed by atoms with Crippen LogP contribution in [0.25, 0.3) is 122 Å². The average molecular weight is 1030 g/mol. The van der Waals surface area contributed by atoms with Crippen molar-refractivity contribution in [3.63, 3.8) is 0 Å². The quantitative estimate of drug-likeness (QED) is 0.121. The fourth-order valence-electron chi connectivity index (χ4n) is 12.3. The Morgan fingerprint density at radius 3 is 0.700 bits per heavy atom. The molecule has 80 heavy (non-hydrogen) atoms. The highest BCUT2D eigenvalue weighted by Gasteiger charge is 2.18. The van der Waals surface area contributed by atoms with E-state index in [1.807, 2.05) is 0 Å². The topological polar surface area (TPSA) is 0 Å². The Balaban J connectivity index is 0.776. The third-order valence-corrected chi connectivity index (χ3v) is 16.6. The molecule has 0 saturated carbocycles. The van der Waals surface area contributed by atoms with E-state index in [1.54, 1.807) is 0 Å². The van der Waals surface area contributed by atoms with Crippen molar-refractivity contribution in [2.45, 2.75) is 55.4 Å². The van der Waals surface area contributed by atoms with Gasteiger partial charge in [0.25, 0.3) is 0 Å². The van der Waals surface area contributed by atoms with Crippen LogP contribution in [0.2, 0.25) is 0 Å². The third-order valence-electron chi connectivity index (χ3n) is 16.6. The summed E-state index contributed by atoms with van der Waals surface area (Å²) >= 11 is 0. The van der Waals surface area contributed by atoms with Gasteiger partial charge in [0.05, 0.1) is 0 Å². The Kier molecular flexibility index (Phi) is 14.0. The van der Waals surface area contributed by atoms with Gasteiger partial charge in [0.1, 0.15) is 0 Å². The maximum Gasteiger partial charge on any atom is -0.00991 e. The Bertz CT molecular complexity index is 4300. The molecule has 12 aromatic carbocycles. The van der Waals surface area contributed by atoms with Gasteiger partial charge in [0.2, 0.25) is 0 Å². The minimum Gasteiger partial charge on any atom is -0.0622 e. The summed E-state index contributed by atoms with van der Waals surface area (Å²) in [6, 6.07) is 94.5.